The van der Waals surface area contributed by atoms with Crippen molar-refractivity contribution < 1.29 is 14.2 Å². The van der Waals surface area contributed by atoms with Crippen LogP contribution in [0.1, 0.15) is 29.2 Å². The van der Waals surface area contributed by atoms with Gasteiger partial charge < -0.3 is 19.6 Å². The Labute approximate surface area is 196 Å². The van der Waals surface area contributed by atoms with Crippen LogP contribution in [0.25, 0.3) is 0 Å². The van der Waals surface area contributed by atoms with Crippen molar-refractivity contribution in [1.82, 2.24) is 5.43 Å². The van der Waals surface area contributed by atoms with Crippen LogP contribution in [0, 0.1) is 11.3 Å². The summed E-state index contributed by atoms with van der Waals surface area (Å²) in [5.41, 5.74) is 6.42. The monoisotopic (exact) mass is 493 g/mol. The molecule has 0 saturated carbocycles. The number of benzene rings is 3. The predicted octanol–water partition coefficient (Wildman–Crippen LogP) is 5.43. The normalized spacial score (nSPS) is 10.6. The second-order valence-electron chi connectivity index (χ2n) is 6.77. The first-order chi connectivity index (χ1) is 15.6. The number of para-hydroxylation sites is 1. The molecule has 3 rings (SSSR count). The summed E-state index contributed by atoms with van der Waals surface area (Å²) in [6, 6.07) is 21.1. The lowest BCUT2D eigenvalue weighted by molar-refractivity contribution is 0.267. The number of methoxy groups -OCH3 is 1. The number of rotatable bonds is 10. The second-order valence-corrected chi connectivity index (χ2v) is 7.62. The second kappa shape index (κ2) is 11.8. The van der Waals surface area contributed by atoms with Crippen molar-refractivity contribution in [2.24, 2.45) is 5.10 Å². The van der Waals surface area contributed by atoms with E-state index in [1.54, 1.807) is 19.4 Å². The molecule has 0 bridgehead atoms. The van der Waals surface area contributed by atoms with Gasteiger partial charge in [0.1, 0.15) is 12.4 Å². The number of nitrogens with one attached hydrogen (secondary N) is 1. The number of hydrazone groups is 1. The van der Waals surface area contributed by atoms with Gasteiger partial charge in [0.25, 0.3) is 0 Å². The first-order valence-corrected chi connectivity index (χ1v) is 10.9. The molecule has 0 fully saturated rings. The number of hydrogen-bond donors (Lipinski definition) is 1. The summed E-state index contributed by atoms with van der Waals surface area (Å²) < 4.78 is 17.9. The van der Waals surface area contributed by atoms with Crippen molar-refractivity contribution >= 4 is 22.1 Å². The molecule has 0 aliphatic rings. The molecular weight excluding hydrogens is 470 g/mol. The van der Waals surface area contributed by atoms with Gasteiger partial charge in [-0.3, -0.25) is 0 Å². The average molecular weight is 494 g/mol. The molecule has 6 nitrogen and oxygen atoms in total. The van der Waals surface area contributed by atoms with E-state index >= 15 is 0 Å². The Morgan fingerprint density at radius 3 is 2.69 bits per heavy atom. The molecule has 3 aromatic carbocycles. The zero-order valence-corrected chi connectivity index (χ0v) is 19.6. The van der Waals surface area contributed by atoms with E-state index < -0.39 is 0 Å². The van der Waals surface area contributed by atoms with E-state index in [2.05, 4.69) is 32.5 Å². The summed E-state index contributed by atoms with van der Waals surface area (Å²) in [6.45, 7) is 3.29. The highest BCUT2D eigenvalue weighted by Crippen LogP contribution is 2.37. The van der Waals surface area contributed by atoms with Gasteiger partial charge in [0.2, 0.25) is 0 Å². The van der Waals surface area contributed by atoms with Crippen LogP contribution in [0.2, 0.25) is 0 Å². The van der Waals surface area contributed by atoms with Crippen LogP contribution in [0.5, 0.6) is 17.2 Å². The van der Waals surface area contributed by atoms with Gasteiger partial charge in [-0.2, -0.15) is 10.4 Å². The maximum absolute atomic E-state index is 9.07. The highest BCUT2D eigenvalue weighted by Gasteiger charge is 2.12. The van der Waals surface area contributed by atoms with Gasteiger partial charge >= 0.3 is 0 Å². The summed E-state index contributed by atoms with van der Waals surface area (Å²) in [4.78, 5) is 0. The lowest BCUT2D eigenvalue weighted by Gasteiger charge is -2.15. The third kappa shape index (κ3) is 6.25. The number of hydrogen-bond acceptors (Lipinski definition) is 6. The standard InChI is InChI=1S/C25H24BrN3O3/c1-3-31-24-13-20(15-28-29-16-21-9-4-5-10-23(21)30-2)12-22(26)25(24)32-17-19-8-6-7-18(11-19)14-27/h4-13,15,29H,3,16-17H2,1-2H3/b28-15+. The van der Waals surface area contributed by atoms with Gasteiger partial charge in [-0.1, -0.05) is 30.3 Å². The van der Waals surface area contributed by atoms with Crippen LogP contribution in [0.15, 0.2) is 70.2 Å². The molecule has 0 radical (unpaired) electrons. The van der Waals surface area contributed by atoms with E-state index in [1.165, 1.54) is 0 Å². The molecule has 0 amide bonds. The lowest BCUT2D eigenvalue weighted by atomic mass is 10.1. The molecule has 0 heterocycles. The van der Waals surface area contributed by atoms with Crippen LogP contribution in [0.3, 0.4) is 0 Å². The molecular formula is C25H24BrN3O3. The molecule has 32 heavy (non-hydrogen) atoms. The fourth-order valence-electron chi connectivity index (χ4n) is 3.05. The fourth-order valence-corrected chi connectivity index (χ4v) is 3.63. The number of halogens is 1. The van der Waals surface area contributed by atoms with E-state index in [-0.39, 0.29) is 0 Å². The highest BCUT2D eigenvalue weighted by atomic mass is 79.9. The van der Waals surface area contributed by atoms with E-state index in [0.717, 1.165) is 26.9 Å². The van der Waals surface area contributed by atoms with Gasteiger partial charge in [-0.15, -0.1) is 0 Å². The minimum Gasteiger partial charge on any atom is -0.496 e. The van der Waals surface area contributed by atoms with Gasteiger partial charge in [-0.25, -0.2) is 0 Å². The highest BCUT2D eigenvalue weighted by molar-refractivity contribution is 9.10. The summed E-state index contributed by atoms with van der Waals surface area (Å²) in [5.74, 6) is 2.04. The SMILES string of the molecule is CCOc1cc(/C=N/NCc2ccccc2OC)cc(Br)c1OCc1cccc(C#N)c1. The smallest absolute Gasteiger partial charge is 0.175 e. The number of nitriles is 1. The van der Waals surface area contributed by atoms with E-state index in [9.17, 15) is 0 Å². The molecule has 1 N–H and O–H groups in total. The maximum atomic E-state index is 9.07. The van der Waals surface area contributed by atoms with Crippen LogP contribution < -0.4 is 19.6 Å². The Kier molecular flexibility index (Phi) is 8.52. The maximum Gasteiger partial charge on any atom is 0.175 e. The van der Waals surface area contributed by atoms with Crippen molar-refractivity contribution in [3.63, 3.8) is 0 Å². The Morgan fingerprint density at radius 2 is 1.91 bits per heavy atom. The van der Waals surface area contributed by atoms with Gasteiger partial charge in [0.15, 0.2) is 11.5 Å². The number of nitrogens with zero attached hydrogens (tertiary/aromatic N) is 2. The lowest BCUT2D eigenvalue weighted by Crippen LogP contribution is -2.07. The van der Waals surface area contributed by atoms with E-state index in [0.29, 0.717) is 36.8 Å². The Morgan fingerprint density at radius 1 is 1.06 bits per heavy atom. The van der Waals surface area contributed by atoms with Crippen LogP contribution in [-0.2, 0) is 13.2 Å². The fraction of sp³-hybridized carbons (Fsp3) is 0.200. The number of ether oxygens (including phenoxy) is 3. The van der Waals surface area contributed by atoms with Crippen LogP contribution >= 0.6 is 15.9 Å². The van der Waals surface area contributed by atoms with Crippen molar-refractivity contribution in [3.05, 3.63) is 87.4 Å². The summed E-state index contributed by atoms with van der Waals surface area (Å²) >= 11 is 3.58. The minimum atomic E-state index is 0.322. The van der Waals surface area contributed by atoms with Crippen LogP contribution in [-0.4, -0.2) is 19.9 Å². The van der Waals surface area contributed by atoms with Crippen molar-refractivity contribution in [2.75, 3.05) is 13.7 Å². The molecule has 0 aliphatic heterocycles. The average Bonchev–Trinajstić information content (AvgIpc) is 2.82. The van der Waals surface area contributed by atoms with Crippen molar-refractivity contribution in [2.45, 2.75) is 20.1 Å². The molecule has 0 saturated heterocycles. The summed E-state index contributed by atoms with van der Waals surface area (Å²) in [5, 5.41) is 13.4. The van der Waals surface area contributed by atoms with E-state index in [1.807, 2.05) is 61.5 Å². The zero-order chi connectivity index (χ0) is 22.8. The third-order valence-electron chi connectivity index (χ3n) is 4.54. The first kappa shape index (κ1) is 23.2. The molecule has 3 aromatic rings. The molecule has 0 atom stereocenters. The summed E-state index contributed by atoms with van der Waals surface area (Å²) in [6.07, 6.45) is 1.73. The minimum absolute atomic E-state index is 0.322. The molecule has 7 heteroatoms. The van der Waals surface area contributed by atoms with Gasteiger partial charge in [0.05, 0.1) is 42.6 Å². The van der Waals surface area contributed by atoms with Crippen molar-refractivity contribution in [3.8, 4) is 23.3 Å². The molecule has 0 aliphatic carbocycles. The van der Waals surface area contributed by atoms with Gasteiger partial charge in [0, 0.05) is 5.56 Å². The predicted molar refractivity (Wildman–Crippen MR) is 128 cm³/mol. The Hall–Kier alpha value is -3.50. The quantitative estimate of drug-likeness (QED) is 0.301. The molecule has 164 valence electrons. The van der Waals surface area contributed by atoms with E-state index in [4.69, 9.17) is 19.5 Å². The largest absolute Gasteiger partial charge is 0.496 e. The first-order valence-electron chi connectivity index (χ1n) is 10.1. The van der Waals surface area contributed by atoms with Crippen LogP contribution in [0.4, 0.5) is 0 Å². The topological polar surface area (TPSA) is 75.9 Å². The third-order valence-corrected chi connectivity index (χ3v) is 5.13. The molecule has 0 spiro atoms. The molecule has 0 unspecified atom stereocenters. The summed E-state index contributed by atoms with van der Waals surface area (Å²) in [7, 11) is 1.65. The molecule has 0 aromatic heterocycles. The van der Waals surface area contributed by atoms with Gasteiger partial charge in [-0.05, 0) is 64.3 Å². The Balaban J connectivity index is 1.70. The van der Waals surface area contributed by atoms with Crippen molar-refractivity contribution in [1.29, 1.82) is 5.26 Å². The zero-order valence-electron chi connectivity index (χ0n) is 18.0. The Bertz CT molecular complexity index is 1130.